The van der Waals surface area contributed by atoms with Crippen LogP contribution in [0.5, 0.6) is 0 Å². The summed E-state index contributed by atoms with van der Waals surface area (Å²) in [6.45, 7) is 3.64. The maximum atomic E-state index is 14.3. The van der Waals surface area contributed by atoms with Gasteiger partial charge in [0.1, 0.15) is 17.5 Å². The molecule has 6 nitrogen and oxygen atoms in total. The van der Waals surface area contributed by atoms with Crippen LogP contribution in [0.1, 0.15) is 47.1 Å². The standard InChI is InChI=1S/C20H22FN3O3/c1-3-4-7-15(20(26)27)22-19(25)18-13-6-5-8-16(13)24(23-18)17-11-12(2)9-10-14(17)21/h3-4,9-11,15H,5-8H2,1-2H3,(H,22,25)(H,26,27)/b4-3+. The van der Waals surface area contributed by atoms with E-state index in [1.54, 1.807) is 31.2 Å². The van der Waals surface area contributed by atoms with Crippen molar-refractivity contribution in [3.63, 3.8) is 0 Å². The summed E-state index contributed by atoms with van der Waals surface area (Å²) in [7, 11) is 0. The molecule has 2 aromatic rings. The van der Waals surface area contributed by atoms with Gasteiger partial charge in [0.05, 0.1) is 0 Å². The number of nitrogens with zero attached hydrogens (tertiary/aromatic N) is 2. The average Bonchev–Trinajstić information content (AvgIpc) is 3.23. The van der Waals surface area contributed by atoms with Crippen molar-refractivity contribution in [3.05, 3.63) is 58.7 Å². The minimum Gasteiger partial charge on any atom is -0.480 e. The van der Waals surface area contributed by atoms with Crippen LogP contribution in [0.4, 0.5) is 4.39 Å². The molecule has 3 rings (SSSR count). The minimum atomic E-state index is -1.11. The number of aromatic nitrogens is 2. The Morgan fingerprint density at radius 1 is 1.41 bits per heavy atom. The molecule has 0 saturated carbocycles. The number of aryl methyl sites for hydroxylation is 1. The van der Waals surface area contributed by atoms with Gasteiger partial charge in [-0.25, -0.2) is 13.9 Å². The van der Waals surface area contributed by atoms with Gasteiger partial charge in [-0.15, -0.1) is 0 Å². The van der Waals surface area contributed by atoms with E-state index in [0.29, 0.717) is 18.5 Å². The van der Waals surface area contributed by atoms with E-state index in [1.165, 1.54) is 10.7 Å². The maximum Gasteiger partial charge on any atom is 0.326 e. The van der Waals surface area contributed by atoms with Crippen molar-refractivity contribution in [2.24, 2.45) is 0 Å². The van der Waals surface area contributed by atoms with E-state index in [9.17, 15) is 19.1 Å². The number of carboxylic acid groups (broad SMARTS) is 1. The first-order valence-corrected chi connectivity index (χ1v) is 8.94. The average molecular weight is 371 g/mol. The molecule has 1 unspecified atom stereocenters. The fourth-order valence-corrected chi connectivity index (χ4v) is 3.32. The van der Waals surface area contributed by atoms with Gasteiger partial charge < -0.3 is 10.4 Å². The second-order valence-electron chi connectivity index (χ2n) is 6.66. The van der Waals surface area contributed by atoms with E-state index in [1.807, 2.05) is 6.92 Å². The number of benzene rings is 1. The molecule has 1 aromatic heterocycles. The third-order valence-corrected chi connectivity index (χ3v) is 4.69. The highest BCUT2D eigenvalue weighted by molar-refractivity contribution is 5.96. The van der Waals surface area contributed by atoms with E-state index < -0.39 is 23.7 Å². The molecule has 0 saturated heterocycles. The van der Waals surface area contributed by atoms with Crippen molar-refractivity contribution < 1.29 is 19.1 Å². The second kappa shape index (κ2) is 7.73. The van der Waals surface area contributed by atoms with Crippen molar-refractivity contribution in [1.29, 1.82) is 0 Å². The number of halogens is 1. The van der Waals surface area contributed by atoms with Crippen LogP contribution in [0.15, 0.2) is 30.4 Å². The van der Waals surface area contributed by atoms with E-state index in [0.717, 1.165) is 23.2 Å². The Balaban J connectivity index is 1.96. The summed E-state index contributed by atoms with van der Waals surface area (Å²) in [6, 6.07) is 3.71. The summed E-state index contributed by atoms with van der Waals surface area (Å²) in [6.07, 6.45) is 5.82. The molecule has 0 radical (unpaired) electrons. The zero-order valence-corrected chi connectivity index (χ0v) is 15.3. The Morgan fingerprint density at radius 3 is 2.89 bits per heavy atom. The van der Waals surface area contributed by atoms with E-state index >= 15 is 0 Å². The number of amides is 1. The molecular formula is C20H22FN3O3. The number of fused-ring (bicyclic) bond motifs is 1. The first-order valence-electron chi connectivity index (χ1n) is 8.94. The van der Waals surface area contributed by atoms with Crippen LogP contribution < -0.4 is 5.32 Å². The van der Waals surface area contributed by atoms with E-state index in [4.69, 9.17) is 0 Å². The normalized spacial score (nSPS) is 14.3. The molecule has 0 fully saturated rings. The molecule has 27 heavy (non-hydrogen) atoms. The number of carboxylic acids is 1. The number of carbonyl (C=O) groups is 2. The summed E-state index contributed by atoms with van der Waals surface area (Å²) >= 11 is 0. The second-order valence-corrected chi connectivity index (χ2v) is 6.66. The lowest BCUT2D eigenvalue weighted by Crippen LogP contribution is -2.40. The number of carbonyl (C=O) groups excluding carboxylic acids is 1. The number of hydrogen-bond donors (Lipinski definition) is 2. The zero-order chi connectivity index (χ0) is 19.6. The third kappa shape index (κ3) is 3.77. The number of hydrogen-bond acceptors (Lipinski definition) is 3. The summed E-state index contributed by atoms with van der Waals surface area (Å²) in [5.41, 5.74) is 2.94. The van der Waals surface area contributed by atoms with Crippen LogP contribution in [0.25, 0.3) is 5.69 Å². The van der Waals surface area contributed by atoms with Gasteiger partial charge in [0.25, 0.3) is 5.91 Å². The molecule has 1 amide bonds. The van der Waals surface area contributed by atoms with Crippen LogP contribution in [-0.4, -0.2) is 32.8 Å². The highest BCUT2D eigenvalue weighted by Crippen LogP contribution is 2.29. The molecule has 0 spiro atoms. The molecule has 1 aliphatic rings. The Labute approximate surface area is 156 Å². The van der Waals surface area contributed by atoms with Gasteiger partial charge in [-0.2, -0.15) is 5.10 Å². The quantitative estimate of drug-likeness (QED) is 0.765. The summed E-state index contributed by atoms with van der Waals surface area (Å²) in [5, 5.41) is 16.2. The molecule has 0 bridgehead atoms. The Morgan fingerprint density at radius 2 is 2.19 bits per heavy atom. The van der Waals surface area contributed by atoms with Crippen molar-refractivity contribution in [2.45, 2.75) is 45.6 Å². The van der Waals surface area contributed by atoms with Crippen molar-refractivity contribution in [3.8, 4) is 5.69 Å². The highest BCUT2D eigenvalue weighted by Gasteiger charge is 2.29. The van der Waals surface area contributed by atoms with Crippen LogP contribution in [-0.2, 0) is 17.6 Å². The van der Waals surface area contributed by atoms with Gasteiger partial charge in [-0.1, -0.05) is 18.2 Å². The minimum absolute atomic E-state index is 0.176. The maximum absolute atomic E-state index is 14.3. The van der Waals surface area contributed by atoms with Gasteiger partial charge in [-0.3, -0.25) is 4.79 Å². The molecule has 0 aliphatic heterocycles. The molecule has 7 heteroatoms. The van der Waals surface area contributed by atoms with Gasteiger partial charge >= 0.3 is 5.97 Å². The summed E-state index contributed by atoms with van der Waals surface area (Å²) < 4.78 is 15.8. The first-order chi connectivity index (χ1) is 12.9. The molecule has 2 N–H and O–H groups in total. The predicted molar refractivity (Wildman–Crippen MR) is 98.6 cm³/mol. The van der Waals surface area contributed by atoms with E-state index in [-0.39, 0.29) is 12.1 Å². The fourth-order valence-electron chi connectivity index (χ4n) is 3.32. The summed E-state index contributed by atoms with van der Waals surface area (Å²) in [5.74, 6) is -2.07. The predicted octanol–water partition coefficient (Wildman–Crippen LogP) is 2.96. The topological polar surface area (TPSA) is 84.2 Å². The first kappa shape index (κ1) is 18.8. The zero-order valence-electron chi connectivity index (χ0n) is 15.3. The fraction of sp³-hybridized carbons (Fsp3) is 0.350. The SMILES string of the molecule is C/C=C/CC(NC(=O)c1nn(-c2cc(C)ccc2F)c2c1CCC2)C(=O)O. The molecular weight excluding hydrogens is 349 g/mol. The van der Waals surface area contributed by atoms with Gasteiger partial charge in [0.15, 0.2) is 5.69 Å². The number of allylic oxidation sites excluding steroid dienone is 1. The van der Waals surface area contributed by atoms with Gasteiger partial charge in [-0.05, 0) is 57.2 Å². The van der Waals surface area contributed by atoms with Gasteiger partial charge in [0.2, 0.25) is 0 Å². The lowest BCUT2D eigenvalue weighted by atomic mass is 10.1. The Bertz CT molecular complexity index is 917. The molecule has 142 valence electrons. The Kier molecular flexibility index (Phi) is 5.39. The highest BCUT2D eigenvalue weighted by atomic mass is 19.1. The number of rotatable bonds is 6. The molecule has 1 aliphatic carbocycles. The summed E-state index contributed by atoms with van der Waals surface area (Å²) in [4.78, 5) is 24.1. The molecule has 1 atom stereocenters. The number of aliphatic carboxylic acids is 1. The molecule has 1 heterocycles. The van der Waals surface area contributed by atoms with E-state index in [2.05, 4.69) is 10.4 Å². The van der Waals surface area contributed by atoms with Crippen LogP contribution >= 0.6 is 0 Å². The van der Waals surface area contributed by atoms with Crippen molar-refractivity contribution >= 4 is 11.9 Å². The largest absolute Gasteiger partial charge is 0.480 e. The van der Waals surface area contributed by atoms with Crippen LogP contribution in [0.3, 0.4) is 0 Å². The van der Waals surface area contributed by atoms with Crippen molar-refractivity contribution in [2.75, 3.05) is 0 Å². The van der Waals surface area contributed by atoms with Crippen molar-refractivity contribution in [1.82, 2.24) is 15.1 Å². The lowest BCUT2D eigenvalue weighted by molar-refractivity contribution is -0.139. The third-order valence-electron chi connectivity index (χ3n) is 4.69. The number of nitrogens with one attached hydrogen (secondary N) is 1. The lowest BCUT2D eigenvalue weighted by Gasteiger charge is -2.12. The van der Waals surface area contributed by atoms with Crippen LogP contribution in [0.2, 0.25) is 0 Å². The van der Waals surface area contributed by atoms with Crippen LogP contribution in [0, 0.1) is 12.7 Å². The molecule has 1 aromatic carbocycles. The monoisotopic (exact) mass is 371 g/mol. The van der Waals surface area contributed by atoms with Gasteiger partial charge in [0, 0.05) is 11.3 Å². The Hall–Kier alpha value is -2.96. The smallest absolute Gasteiger partial charge is 0.326 e.